The molecule has 0 bridgehead atoms. The summed E-state index contributed by atoms with van der Waals surface area (Å²) in [7, 11) is 2.93. The fourth-order valence-electron chi connectivity index (χ4n) is 1.35. The average Bonchev–Trinajstić information content (AvgIpc) is 2.43. The molecular formula is C14H17NO4. The lowest BCUT2D eigenvalue weighted by atomic mass is 10.2. The molecule has 1 N–H and O–H groups in total. The monoisotopic (exact) mass is 263 g/mol. The molecular weight excluding hydrogens is 246 g/mol. The van der Waals surface area contributed by atoms with E-state index < -0.39 is 0 Å². The zero-order chi connectivity index (χ0) is 14.3. The van der Waals surface area contributed by atoms with Crippen molar-refractivity contribution in [2.45, 2.75) is 6.42 Å². The number of carbonyl (C=O) groups is 2. The molecule has 0 unspecified atom stereocenters. The lowest BCUT2D eigenvalue weighted by Gasteiger charge is -2.13. The minimum atomic E-state index is -0.345. The van der Waals surface area contributed by atoms with Gasteiger partial charge in [0.15, 0.2) is 0 Å². The van der Waals surface area contributed by atoms with E-state index in [1.54, 1.807) is 37.4 Å². The highest BCUT2D eigenvalue weighted by Gasteiger charge is 2.07. The van der Waals surface area contributed by atoms with Crippen molar-refractivity contribution in [1.82, 2.24) is 4.90 Å². The number of likely N-dealkylation sites (N-methyl/N-ethyl adjacent to an activating group) is 1. The second-order valence-corrected chi connectivity index (χ2v) is 4.01. The summed E-state index contributed by atoms with van der Waals surface area (Å²) in [5.74, 6) is -0.363. The first-order chi connectivity index (χ1) is 9.02. The van der Waals surface area contributed by atoms with Crippen molar-refractivity contribution in [2.75, 3.05) is 20.7 Å². The summed E-state index contributed by atoms with van der Waals surface area (Å²) in [6, 6.07) is 6.50. The second-order valence-electron chi connectivity index (χ2n) is 4.01. The van der Waals surface area contributed by atoms with Crippen LogP contribution in [0, 0.1) is 0 Å². The van der Waals surface area contributed by atoms with Gasteiger partial charge in [0.25, 0.3) is 0 Å². The summed E-state index contributed by atoms with van der Waals surface area (Å²) < 4.78 is 4.50. The molecule has 0 aliphatic heterocycles. The number of hydrogen-bond acceptors (Lipinski definition) is 4. The summed E-state index contributed by atoms with van der Waals surface area (Å²) >= 11 is 0. The van der Waals surface area contributed by atoms with Gasteiger partial charge >= 0.3 is 5.97 Å². The predicted octanol–water partition coefficient (Wildman–Crippen LogP) is 1.43. The van der Waals surface area contributed by atoms with Crippen LogP contribution < -0.4 is 0 Å². The number of aromatic hydroxyl groups is 1. The molecule has 5 heteroatoms. The maximum absolute atomic E-state index is 11.7. The first kappa shape index (κ1) is 14.8. The van der Waals surface area contributed by atoms with Gasteiger partial charge in [-0.25, -0.2) is 0 Å². The predicted molar refractivity (Wildman–Crippen MR) is 71.4 cm³/mol. The van der Waals surface area contributed by atoms with Crippen molar-refractivity contribution in [3.8, 4) is 5.75 Å². The molecule has 102 valence electrons. The van der Waals surface area contributed by atoms with E-state index in [-0.39, 0.29) is 24.0 Å². The van der Waals surface area contributed by atoms with Gasteiger partial charge in [-0.1, -0.05) is 12.1 Å². The molecule has 0 saturated heterocycles. The Hall–Kier alpha value is -2.30. The molecule has 1 aromatic rings. The van der Waals surface area contributed by atoms with Crippen LogP contribution in [0.25, 0.3) is 6.08 Å². The van der Waals surface area contributed by atoms with Gasteiger partial charge in [-0.05, 0) is 23.8 Å². The maximum Gasteiger partial charge on any atom is 0.307 e. The van der Waals surface area contributed by atoms with E-state index in [2.05, 4.69) is 4.74 Å². The third-order valence-electron chi connectivity index (χ3n) is 2.57. The minimum absolute atomic E-state index is 0.172. The van der Waals surface area contributed by atoms with Crippen LogP contribution in [0.2, 0.25) is 0 Å². The van der Waals surface area contributed by atoms with E-state index in [0.29, 0.717) is 6.54 Å². The van der Waals surface area contributed by atoms with Crippen LogP contribution in [-0.2, 0) is 14.3 Å². The molecule has 0 radical (unpaired) electrons. The van der Waals surface area contributed by atoms with Crippen molar-refractivity contribution < 1.29 is 19.4 Å². The van der Waals surface area contributed by atoms with Gasteiger partial charge in [-0.15, -0.1) is 0 Å². The molecule has 1 aromatic carbocycles. The fraction of sp³-hybridized carbons (Fsp3) is 0.286. The van der Waals surface area contributed by atoms with Crippen molar-refractivity contribution >= 4 is 18.0 Å². The summed E-state index contributed by atoms with van der Waals surface area (Å²) in [5.41, 5.74) is 0.813. The van der Waals surface area contributed by atoms with E-state index in [9.17, 15) is 9.59 Å². The van der Waals surface area contributed by atoms with E-state index >= 15 is 0 Å². The summed E-state index contributed by atoms with van der Waals surface area (Å²) in [6.07, 6.45) is 3.24. The van der Waals surface area contributed by atoms with Gasteiger partial charge in [-0.3, -0.25) is 9.59 Å². The van der Waals surface area contributed by atoms with Crippen LogP contribution in [0.4, 0.5) is 0 Å². The Morgan fingerprint density at radius 2 is 1.95 bits per heavy atom. The number of rotatable bonds is 5. The number of ether oxygens (including phenoxy) is 1. The summed E-state index contributed by atoms with van der Waals surface area (Å²) in [4.78, 5) is 24.1. The van der Waals surface area contributed by atoms with E-state index in [1.165, 1.54) is 18.1 Å². The number of carbonyl (C=O) groups excluding carboxylic acids is 2. The average molecular weight is 263 g/mol. The van der Waals surface area contributed by atoms with Crippen LogP contribution in [0.5, 0.6) is 5.75 Å². The number of phenolic OH excluding ortho intramolecular Hbond substituents is 1. The van der Waals surface area contributed by atoms with Gasteiger partial charge in [0, 0.05) is 19.7 Å². The van der Waals surface area contributed by atoms with Gasteiger partial charge in [0.2, 0.25) is 5.91 Å². The third kappa shape index (κ3) is 5.25. The Bertz CT molecular complexity index is 465. The molecule has 0 atom stereocenters. The maximum atomic E-state index is 11.7. The van der Waals surface area contributed by atoms with E-state index in [1.807, 2.05) is 0 Å². The molecule has 19 heavy (non-hydrogen) atoms. The topological polar surface area (TPSA) is 66.8 Å². The minimum Gasteiger partial charge on any atom is -0.508 e. The zero-order valence-corrected chi connectivity index (χ0v) is 11.0. The van der Waals surface area contributed by atoms with E-state index in [0.717, 1.165) is 5.56 Å². The van der Waals surface area contributed by atoms with Gasteiger partial charge in [-0.2, -0.15) is 0 Å². The highest BCUT2D eigenvalue weighted by Crippen LogP contribution is 2.10. The molecule has 1 amide bonds. The second kappa shape index (κ2) is 7.20. The number of nitrogens with zero attached hydrogens (tertiary/aromatic N) is 1. The highest BCUT2D eigenvalue weighted by atomic mass is 16.5. The van der Waals surface area contributed by atoms with Crippen LogP contribution >= 0.6 is 0 Å². The first-order valence-corrected chi connectivity index (χ1v) is 5.82. The van der Waals surface area contributed by atoms with Crippen molar-refractivity contribution in [3.05, 3.63) is 35.9 Å². The fourth-order valence-corrected chi connectivity index (χ4v) is 1.35. The number of phenols is 1. The van der Waals surface area contributed by atoms with Gasteiger partial charge in [0.05, 0.1) is 13.5 Å². The van der Waals surface area contributed by atoms with Crippen LogP contribution in [-0.4, -0.2) is 42.6 Å². The molecule has 0 spiro atoms. The van der Waals surface area contributed by atoms with Crippen molar-refractivity contribution in [1.29, 1.82) is 0 Å². The number of methoxy groups -OCH3 is 1. The molecule has 0 aliphatic rings. The standard InChI is InChI=1S/C14H17NO4/c1-15(10-9-14(18)19-2)13(17)8-5-11-3-6-12(16)7-4-11/h3-8,16H,9-10H2,1-2H3. The highest BCUT2D eigenvalue weighted by molar-refractivity contribution is 5.91. The molecule has 0 aliphatic carbocycles. The van der Waals surface area contributed by atoms with Crippen LogP contribution in [0.15, 0.2) is 30.3 Å². The zero-order valence-electron chi connectivity index (χ0n) is 11.0. The van der Waals surface area contributed by atoms with Gasteiger partial charge < -0.3 is 14.7 Å². The molecule has 0 fully saturated rings. The SMILES string of the molecule is COC(=O)CCN(C)C(=O)C=Cc1ccc(O)cc1. The Balaban J connectivity index is 2.49. The van der Waals surface area contributed by atoms with Crippen LogP contribution in [0.3, 0.4) is 0 Å². The van der Waals surface area contributed by atoms with Crippen LogP contribution in [0.1, 0.15) is 12.0 Å². The lowest BCUT2D eigenvalue weighted by Crippen LogP contribution is -2.27. The Morgan fingerprint density at radius 1 is 1.32 bits per heavy atom. The van der Waals surface area contributed by atoms with Gasteiger partial charge in [0.1, 0.15) is 5.75 Å². The summed E-state index contributed by atoms with van der Waals surface area (Å²) in [5, 5.41) is 9.12. The van der Waals surface area contributed by atoms with Crippen molar-refractivity contribution in [2.24, 2.45) is 0 Å². The number of amides is 1. The quantitative estimate of drug-likeness (QED) is 0.644. The number of hydrogen-bond donors (Lipinski definition) is 1. The third-order valence-corrected chi connectivity index (χ3v) is 2.57. The summed E-state index contributed by atoms with van der Waals surface area (Å²) in [6.45, 7) is 0.311. The molecule has 5 nitrogen and oxygen atoms in total. The Kier molecular flexibility index (Phi) is 5.60. The lowest BCUT2D eigenvalue weighted by molar-refractivity contribution is -0.141. The van der Waals surface area contributed by atoms with E-state index in [4.69, 9.17) is 5.11 Å². The molecule has 0 heterocycles. The molecule has 1 rings (SSSR count). The van der Waals surface area contributed by atoms with Crippen molar-refractivity contribution in [3.63, 3.8) is 0 Å². The Morgan fingerprint density at radius 3 is 2.53 bits per heavy atom. The molecule has 0 aromatic heterocycles. The number of benzene rings is 1. The number of esters is 1. The molecule has 0 saturated carbocycles. The first-order valence-electron chi connectivity index (χ1n) is 5.82. The normalized spacial score (nSPS) is 10.4. The smallest absolute Gasteiger partial charge is 0.307 e. The largest absolute Gasteiger partial charge is 0.508 e. The Labute approximate surface area is 112 Å².